The van der Waals surface area contributed by atoms with E-state index in [2.05, 4.69) is 0 Å². The Hall–Kier alpha value is -1.30. The van der Waals surface area contributed by atoms with Gasteiger partial charge < -0.3 is 4.57 Å². The molecule has 1 atom stereocenters. The second-order valence-electron chi connectivity index (χ2n) is 5.13. The summed E-state index contributed by atoms with van der Waals surface area (Å²) in [6.07, 6.45) is -2.13. The lowest BCUT2D eigenvalue weighted by molar-refractivity contribution is -0.195. The maximum absolute atomic E-state index is 13.1. The lowest BCUT2D eigenvalue weighted by atomic mass is 10.0. The van der Waals surface area contributed by atoms with Gasteiger partial charge in [0.2, 0.25) is 0 Å². The van der Waals surface area contributed by atoms with Crippen LogP contribution in [-0.2, 0) is 0 Å². The first-order valence-electron chi connectivity index (χ1n) is 6.33. The molecular formula is C13H17F3N2O. The molecule has 0 saturated carbocycles. The van der Waals surface area contributed by atoms with Gasteiger partial charge in [-0.3, -0.25) is 9.69 Å². The predicted molar refractivity (Wildman–Crippen MR) is 66.1 cm³/mol. The highest BCUT2D eigenvalue weighted by Crippen LogP contribution is 2.39. The molecule has 0 bridgehead atoms. The summed E-state index contributed by atoms with van der Waals surface area (Å²) in [5, 5.41) is 0. The first-order chi connectivity index (χ1) is 8.80. The minimum Gasteiger partial charge on any atom is -0.313 e. The average Bonchev–Trinajstić information content (AvgIpc) is 2.20. The number of hydrogen-bond acceptors (Lipinski definition) is 2. The van der Waals surface area contributed by atoms with Gasteiger partial charge in [0.15, 0.2) is 0 Å². The fourth-order valence-electron chi connectivity index (χ4n) is 2.31. The Morgan fingerprint density at radius 2 is 1.89 bits per heavy atom. The van der Waals surface area contributed by atoms with Gasteiger partial charge in [0.05, 0.1) is 0 Å². The summed E-state index contributed by atoms with van der Waals surface area (Å²) in [6.45, 7) is 4.49. The van der Waals surface area contributed by atoms with Crippen molar-refractivity contribution in [3.05, 3.63) is 34.2 Å². The molecule has 1 unspecified atom stereocenters. The number of aromatic nitrogens is 1. The van der Waals surface area contributed by atoms with Crippen LogP contribution in [0.3, 0.4) is 0 Å². The summed E-state index contributed by atoms with van der Waals surface area (Å²) in [5.74, 6) is 0. The van der Waals surface area contributed by atoms with E-state index in [-0.39, 0.29) is 17.2 Å². The third-order valence-electron chi connectivity index (χ3n) is 3.41. The first-order valence-corrected chi connectivity index (χ1v) is 6.33. The van der Waals surface area contributed by atoms with E-state index >= 15 is 0 Å². The van der Waals surface area contributed by atoms with Crippen LogP contribution in [0.2, 0.25) is 0 Å². The highest BCUT2D eigenvalue weighted by Gasteiger charge is 2.46. The molecule has 6 heteroatoms. The number of halogens is 3. The van der Waals surface area contributed by atoms with Gasteiger partial charge in [-0.05, 0) is 31.9 Å². The standard InChI is InChI=1S/C13H17F3N2O/c1-9(2)18-7-4-10(8-11(18)19)12(13(14,15)16)17-5-3-6-17/h4,7-9,12H,3,5-6H2,1-2H3. The van der Waals surface area contributed by atoms with Crippen molar-refractivity contribution >= 4 is 0 Å². The number of hydrogen-bond donors (Lipinski definition) is 0. The van der Waals surface area contributed by atoms with Crippen molar-refractivity contribution < 1.29 is 13.2 Å². The van der Waals surface area contributed by atoms with Gasteiger partial charge in [0.25, 0.3) is 5.56 Å². The van der Waals surface area contributed by atoms with Crippen molar-refractivity contribution in [3.8, 4) is 0 Å². The molecule has 19 heavy (non-hydrogen) atoms. The highest BCUT2D eigenvalue weighted by molar-refractivity contribution is 5.19. The molecule has 1 aliphatic rings. The zero-order chi connectivity index (χ0) is 14.2. The van der Waals surface area contributed by atoms with Gasteiger partial charge >= 0.3 is 6.18 Å². The zero-order valence-electron chi connectivity index (χ0n) is 10.9. The monoisotopic (exact) mass is 274 g/mol. The summed E-state index contributed by atoms with van der Waals surface area (Å²) < 4.78 is 40.8. The summed E-state index contributed by atoms with van der Waals surface area (Å²) in [7, 11) is 0. The molecule has 1 aromatic heterocycles. The van der Waals surface area contributed by atoms with Crippen LogP contribution in [0, 0.1) is 0 Å². The third kappa shape index (κ3) is 2.83. The van der Waals surface area contributed by atoms with Crippen molar-refractivity contribution in [2.45, 2.75) is 38.5 Å². The number of rotatable bonds is 3. The molecule has 0 aromatic carbocycles. The highest BCUT2D eigenvalue weighted by atomic mass is 19.4. The molecule has 2 rings (SSSR count). The first kappa shape index (κ1) is 14.1. The van der Waals surface area contributed by atoms with Crippen LogP contribution < -0.4 is 5.56 Å². The van der Waals surface area contributed by atoms with Crippen molar-refractivity contribution in [1.29, 1.82) is 0 Å². The Morgan fingerprint density at radius 1 is 1.26 bits per heavy atom. The molecule has 0 aliphatic carbocycles. The van der Waals surface area contributed by atoms with E-state index in [9.17, 15) is 18.0 Å². The quantitative estimate of drug-likeness (QED) is 0.846. The lowest BCUT2D eigenvalue weighted by Crippen LogP contribution is -2.46. The van der Waals surface area contributed by atoms with E-state index in [1.807, 2.05) is 13.8 Å². The molecule has 106 valence electrons. The Kier molecular flexibility index (Phi) is 3.71. The SMILES string of the molecule is CC(C)n1ccc(C(N2CCC2)C(F)(F)F)cc1=O. The van der Waals surface area contributed by atoms with Crippen LogP contribution in [0.5, 0.6) is 0 Å². The van der Waals surface area contributed by atoms with Gasteiger partial charge in [-0.1, -0.05) is 0 Å². The summed E-state index contributed by atoms with van der Waals surface area (Å²) in [4.78, 5) is 13.2. The smallest absolute Gasteiger partial charge is 0.313 e. The molecular weight excluding hydrogens is 257 g/mol. The summed E-state index contributed by atoms with van der Waals surface area (Å²) >= 11 is 0. The minimum absolute atomic E-state index is 0.0362. The molecule has 1 fully saturated rings. The van der Waals surface area contributed by atoms with E-state index in [0.717, 1.165) is 12.5 Å². The van der Waals surface area contributed by atoms with Crippen molar-refractivity contribution in [2.75, 3.05) is 13.1 Å². The summed E-state index contributed by atoms with van der Waals surface area (Å²) in [6, 6.07) is 0.791. The molecule has 0 radical (unpaired) electrons. The number of pyridine rings is 1. The number of nitrogens with zero attached hydrogens (tertiary/aromatic N) is 2. The molecule has 2 heterocycles. The third-order valence-corrected chi connectivity index (χ3v) is 3.41. The van der Waals surface area contributed by atoms with E-state index in [1.165, 1.54) is 21.7 Å². The van der Waals surface area contributed by atoms with Gasteiger partial charge in [0.1, 0.15) is 6.04 Å². The van der Waals surface area contributed by atoms with Crippen LogP contribution in [0.25, 0.3) is 0 Å². The van der Waals surface area contributed by atoms with Crippen molar-refractivity contribution in [2.24, 2.45) is 0 Å². The van der Waals surface area contributed by atoms with Crippen LogP contribution in [0.1, 0.15) is 37.9 Å². The lowest BCUT2D eigenvalue weighted by Gasteiger charge is -2.39. The maximum Gasteiger partial charge on any atom is 0.408 e. The summed E-state index contributed by atoms with van der Waals surface area (Å²) in [5.41, 5.74) is -0.351. The van der Waals surface area contributed by atoms with E-state index in [0.29, 0.717) is 13.1 Å². The van der Waals surface area contributed by atoms with Crippen LogP contribution >= 0.6 is 0 Å². The van der Waals surface area contributed by atoms with Gasteiger partial charge in [-0.25, -0.2) is 0 Å². The Labute approximate surface area is 109 Å². The maximum atomic E-state index is 13.1. The van der Waals surface area contributed by atoms with Crippen LogP contribution in [-0.4, -0.2) is 28.7 Å². The normalized spacial score (nSPS) is 18.4. The molecule has 1 aromatic rings. The Balaban J connectivity index is 2.37. The van der Waals surface area contributed by atoms with Crippen molar-refractivity contribution in [3.63, 3.8) is 0 Å². The molecule has 1 aliphatic heterocycles. The molecule has 3 nitrogen and oxygen atoms in total. The molecule has 0 N–H and O–H groups in total. The van der Waals surface area contributed by atoms with Gasteiger partial charge in [-0.2, -0.15) is 13.2 Å². The van der Waals surface area contributed by atoms with Crippen LogP contribution in [0.15, 0.2) is 23.1 Å². The average molecular weight is 274 g/mol. The molecule has 1 saturated heterocycles. The number of alkyl halides is 3. The predicted octanol–water partition coefficient (Wildman–Crippen LogP) is 2.74. The Bertz CT molecular complexity index is 503. The number of likely N-dealkylation sites (tertiary alicyclic amines) is 1. The van der Waals surface area contributed by atoms with E-state index in [1.54, 1.807) is 0 Å². The van der Waals surface area contributed by atoms with E-state index < -0.39 is 12.2 Å². The molecule has 0 spiro atoms. The zero-order valence-corrected chi connectivity index (χ0v) is 10.9. The molecule has 0 amide bonds. The van der Waals surface area contributed by atoms with Crippen LogP contribution in [0.4, 0.5) is 13.2 Å². The fraction of sp³-hybridized carbons (Fsp3) is 0.615. The Morgan fingerprint density at radius 3 is 2.26 bits per heavy atom. The second kappa shape index (κ2) is 5.00. The topological polar surface area (TPSA) is 25.2 Å². The van der Waals surface area contributed by atoms with Gasteiger partial charge in [-0.15, -0.1) is 0 Å². The van der Waals surface area contributed by atoms with Crippen molar-refractivity contribution in [1.82, 2.24) is 9.47 Å². The minimum atomic E-state index is -4.35. The second-order valence-corrected chi connectivity index (χ2v) is 5.13. The largest absolute Gasteiger partial charge is 0.408 e. The fourth-order valence-corrected chi connectivity index (χ4v) is 2.31. The van der Waals surface area contributed by atoms with E-state index in [4.69, 9.17) is 0 Å². The van der Waals surface area contributed by atoms with Gasteiger partial charge in [0, 0.05) is 31.4 Å².